The first-order valence-electron chi connectivity index (χ1n) is 5.26. The molecule has 0 unspecified atom stereocenters. The third-order valence-electron chi connectivity index (χ3n) is 3.01. The molecule has 1 saturated heterocycles. The molecule has 2 nitrogen and oxygen atoms in total. The quantitative estimate of drug-likeness (QED) is 0.692. The largest absolute Gasteiger partial charge is 0.381 e. The van der Waals surface area contributed by atoms with Gasteiger partial charge in [-0.2, -0.15) is 0 Å². The topological polar surface area (TPSA) is 21.3 Å². The smallest absolute Gasteiger partial charge is 0.0528 e. The van der Waals surface area contributed by atoms with Gasteiger partial charge in [0.2, 0.25) is 0 Å². The molecule has 2 rings (SSSR count). The van der Waals surface area contributed by atoms with Crippen LogP contribution in [0.4, 0.5) is 0 Å². The van der Waals surface area contributed by atoms with Gasteiger partial charge in [0.05, 0.1) is 13.2 Å². The van der Waals surface area contributed by atoms with Crippen LogP contribution >= 0.6 is 0 Å². The molecule has 0 spiro atoms. The van der Waals surface area contributed by atoms with E-state index in [4.69, 9.17) is 4.74 Å². The fourth-order valence-electron chi connectivity index (χ4n) is 2.04. The Balaban J connectivity index is 1.58. The van der Waals surface area contributed by atoms with Crippen molar-refractivity contribution in [2.75, 3.05) is 19.8 Å². The van der Waals surface area contributed by atoms with Gasteiger partial charge in [-0.05, 0) is 12.8 Å². The second-order valence-corrected chi connectivity index (χ2v) is 4.15. The fraction of sp³-hybridized carbons (Fsp3) is 1.00. The summed E-state index contributed by atoms with van der Waals surface area (Å²) in [5.41, 5.74) is 0. The van der Waals surface area contributed by atoms with Crippen LogP contribution in [0.25, 0.3) is 0 Å². The van der Waals surface area contributed by atoms with Gasteiger partial charge in [-0.1, -0.05) is 19.3 Å². The van der Waals surface area contributed by atoms with Crippen LogP contribution < -0.4 is 5.32 Å². The van der Waals surface area contributed by atoms with Gasteiger partial charge in [-0.25, -0.2) is 0 Å². The minimum atomic E-state index is 0.812. The molecule has 1 N–H and O–H groups in total. The van der Waals surface area contributed by atoms with Crippen LogP contribution in [0.2, 0.25) is 0 Å². The maximum atomic E-state index is 5.13. The molecule has 1 saturated carbocycles. The molecule has 0 aromatic carbocycles. The lowest BCUT2D eigenvalue weighted by atomic mass is 9.95. The third kappa shape index (κ3) is 2.20. The third-order valence-corrected chi connectivity index (χ3v) is 3.01. The van der Waals surface area contributed by atoms with E-state index in [9.17, 15) is 0 Å². The highest BCUT2D eigenvalue weighted by atomic mass is 16.5. The monoisotopic (exact) mass is 169 g/mol. The van der Waals surface area contributed by atoms with Gasteiger partial charge in [0, 0.05) is 18.5 Å². The summed E-state index contributed by atoms with van der Waals surface area (Å²) in [4.78, 5) is 0. The highest BCUT2D eigenvalue weighted by Crippen LogP contribution is 2.18. The van der Waals surface area contributed by atoms with Crippen LogP contribution in [0.3, 0.4) is 0 Å². The second-order valence-electron chi connectivity index (χ2n) is 4.15. The molecule has 2 heteroatoms. The molecule has 1 aliphatic carbocycles. The Labute approximate surface area is 74.7 Å². The molecule has 12 heavy (non-hydrogen) atoms. The van der Waals surface area contributed by atoms with Crippen molar-refractivity contribution in [3.8, 4) is 0 Å². The highest BCUT2D eigenvalue weighted by Gasteiger charge is 2.20. The van der Waals surface area contributed by atoms with Crippen LogP contribution in [0.15, 0.2) is 0 Å². The van der Waals surface area contributed by atoms with Crippen LogP contribution in [-0.2, 0) is 4.74 Å². The Hall–Kier alpha value is -0.0800. The molecule has 0 bridgehead atoms. The van der Waals surface area contributed by atoms with Crippen molar-refractivity contribution in [3.63, 3.8) is 0 Å². The summed E-state index contributed by atoms with van der Waals surface area (Å²) in [6.07, 6.45) is 7.10. The average molecular weight is 169 g/mol. The molecule has 0 radical (unpaired) electrons. The fourth-order valence-corrected chi connectivity index (χ4v) is 2.04. The Bertz CT molecular complexity index is 128. The van der Waals surface area contributed by atoms with Crippen LogP contribution in [0.5, 0.6) is 0 Å². The summed E-state index contributed by atoms with van der Waals surface area (Å²) in [7, 11) is 0. The second kappa shape index (κ2) is 4.24. The lowest BCUT2D eigenvalue weighted by Gasteiger charge is -2.30. The first kappa shape index (κ1) is 8.52. The average Bonchev–Trinajstić information content (AvgIpc) is 2.04. The molecule has 0 aromatic heterocycles. The van der Waals surface area contributed by atoms with E-state index in [1.54, 1.807) is 0 Å². The minimum absolute atomic E-state index is 0.812. The van der Waals surface area contributed by atoms with Crippen LogP contribution in [0, 0.1) is 5.92 Å². The summed E-state index contributed by atoms with van der Waals surface area (Å²) in [5.74, 6) is 0.812. The Morgan fingerprint density at radius 1 is 1.08 bits per heavy atom. The molecule has 0 atom stereocenters. The Morgan fingerprint density at radius 3 is 2.42 bits per heavy atom. The van der Waals surface area contributed by atoms with Gasteiger partial charge >= 0.3 is 0 Å². The predicted octanol–water partition coefficient (Wildman–Crippen LogP) is 1.56. The van der Waals surface area contributed by atoms with E-state index in [1.807, 2.05) is 0 Å². The number of ether oxygens (including phenoxy) is 1. The zero-order chi connectivity index (χ0) is 8.23. The molecule has 70 valence electrons. The SMILES string of the molecule is C1CCC(NCC2COC2)CC1. The van der Waals surface area contributed by atoms with Crippen molar-refractivity contribution in [2.45, 2.75) is 38.1 Å². The summed E-state index contributed by atoms with van der Waals surface area (Å²) < 4.78 is 5.13. The minimum Gasteiger partial charge on any atom is -0.381 e. The summed E-state index contributed by atoms with van der Waals surface area (Å²) in [5, 5.41) is 3.64. The van der Waals surface area contributed by atoms with Gasteiger partial charge in [-0.3, -0.25) is 0 Å². The zero-order valence-electron chi connectivity index (χ0n) is 7.72. The first-order valence-corrected chi connectivity index (χ1v) is 5.26. The first-order chi connectivity index (χ1) is 5.95. The van der Waals surface area contributed by atoms with Crippen molar-refractivity contribution in [3.05, 3.63) is 0 Å². The van der Waals surface area contributed by atoms with E-state index in [-0.39, 0.29) is 0 Å². The number of hydrogen-bond donors (Lipinski definition) is 1. The molecule has 0 amide bonds. The molecule has 1 aliphatic heterocycles. The predicted molar refractivity (Wildman–Crippen MR) is 49.2 cm³/mol. The van der Waals surface area contributed by atoms with Crippen molar-refractivity contribution >= 4 is 0 Å². The zero-order valence-corrected chi connectivity index (χ0v) is 7.72. The number of nitrogens with one attached hydrogen (secondary N) is 1. The van der Waals surface area contributed by atoms with Crippen molar-refractivity contribution in [1.82, 2.24) is 5.32 Å². The van der Waals surface area contributed by atoms with Crippen molar-refractivity contribution < 1.29 is 4.74 Å². The molecular weight excluding hydrogens is 150 g/mol. The molecule has 2 fully saturated rings. The Kier molecular flexibility index (Phi) is 3.01. The maximum Gasteiger partial charge on any atom is 0.0528 e. The van der Waals surface area contributed by atoms with E-state index >= 15 is 0 Å². The van der Waals surface area contributed by atoms with Gasteiger partial charge in [-0.15, -0.1) is 0 Å². The Morgan fingerprint density at radius 2 is 1.83 bits per heavy atom. The normalized spacial score (nSPS) is 27.0. The lowest BCUT2D eigenvalue weighted by molar-refractivity contribution is -0.0320. The number of rotatable bonds is 3. The van der Waals surface area contributed by atoms with E-state index in [1.165, 1.54) is 38.6 Å². The van der Waals surface area contributed by atoms with Crippen molar-refractivity contribution in [2.24, 2.45) is 5.92 Å². The van der Waals surface area contributed by atoms with Gasteiger partial charge < -0.3 is 10.1 Å². The van der Waals surface area contributed by atoms with E-state index in [0.29, 0.717) is 0 Å². The number of hydrogen-bond acceptors (Lipinski definition) is 2. The van der Waals surface area contributed by atoms with Gasteiger partial charge in [0.1, 0.15) is 0 Å². The summed E-state index contributed by atoms with van der Waals surface area (Å²) in [6, 6.07) is 0.819. The lowest BCUT2D eigenvalue weighted by Crippen LogP contribution is -2.41. The molecule has 1 heterocycles. The van der Waals surface area contributed by atoms with E-state index in [0.717, 1.165) is 25.2 Å². The maximum absolute atomic E-state index is 5.13. The van der Waals surface area contributed by atoms with Gasteiger partial charge in [0.15, 0.2) is 0 Å². The summed E-state index contributed by atoms with van der Waals surface area (Å²) in [6.45, 7) is 3.16. The molecular formula is C10H19NO. The van der Waals surface area contributed by atoms with Crippen molar-refractivity contribution in [1.29, 1.82) is 0 Å². The van der Waals surface area contributed by atoms with Gasteiger partial charge in [0.25, 0.3) is 0 Å². The summed E-state index contributed by atoms with van der Waals surface area (Å²) >= 11 is 0. The molecule has 0 aromatic rings. The standard InChI is InChI=1S/C10H19NO/c1-2-4-10(5-3-1)11-6-9-7-12-8-9/h9-11H,1-8H2. The highest BCUT2D eigenvalue weighted by molar-refractivity contribution is 4.75. The molecule has 2 aliphatic rings. The van der Waals surface area contributed by atoms with E-state index in [2.05, 4.69) is 5.32 Å². The van der Waals surface area contributed by atoms with Crippen LogP contribution in [-0.4, -0.2) is 25.8 Å². The van der Waals surface area contributed by atoms with E-state index < -0.39 is 0 Å². The van der Waals surface area contributed by atoms with Crippen LogP contribution in [0.1, 0.15) is 32.1 Å².